The SMILES string of the molecule is C=CC(=O)OCc1cc2ccc(OC)cc2nc1Cl. The first-order valence-corrected chi connectivity index (χ1v) is 5.94. The van der Waals surface area contributed by atoms with Crippen LogP contribution < -0.4 is 4.74 Å². The molecule has 2 aromatic rings. The Kier molecular flexibility index (Phi) is 4.02. The Morgan fingerprint density at radius 1 is 1.47 bits per heavy atom. The van der Waals surface area contributed by atoms with Crippen LogP contribution in [-0.2, 0) is 16.1 Å². The third-order valence-corrected chi connectivity index (χ3v) is 2.91. The van der Waals surface area contributed by atoms with Crippen molar-refractivity contribution in [2.75, 3.05) is 7.11 Å². The molecule has 1 aromatic heterocycles. The van der Waals surface area contributed by atoms with E-state index < -0.39 is 5.97 Å². The Bertz CT molecular complexity index is 640. The number of pyridine rings is 1. The van der Waals surface area contributed by atoms with Crippen molar-refractivity contribution >= 4 is 28.5 Å². The Morgan fingerprint density at radius 2 is 2.26 bits per heavy atom. The maximum Gasteiger partial charge on any atom is 0.330 e. The van der Waals surface area contributed by atoms with Crippen molar-refractivity contribution in [1.82, 2.24) is 4.98 Å². The molecule has 19 heavy (non-hydrogen) atoms. The van der Waals surface area contributed by atoms with Gasteiger partial charge in [-0.25, -0.2) is 9.78 Å². The summed E-state index contributed by atoms with van der Waals surface area (Å²) < 4.78 is 10.1. The van der Waals surface area contributed by atoms with E-state index in [0.717, 1.165) is 17.0 Å². The number of ether oxygens (including phenoxy) is 2. The fourth-order valence-electron chi connectivity index (χ4n) is 1.60. The number of carbonyl (C=O) groups is 1. The molecule has 0 saturated heterocycles. The van der Waals surface area contributed by atoms with Crippen molar-refractivity contribution < 1.29 is 14.3 Å². The van der Waals surface area contributed by atoms with Crippen LogP contribution in [0.25, 0.3) is 10.9 Å². The van der Waals surface area contributed by atoms with E-state index in [1.165, 1.54) is 0 Å². The standard InChI is InChI=1S/C14H12ClNO3/c1-3-13(17)19-8-10-6-9-4-5-11(18-2)7-12(9)16-14(10)15/h3-7H,1,8H2,2H3. The predicted octanol–water partition coefficient (Wildman–Crippen LogP) is 3.13. The van der Waals surface area contributed by atoms with Gasteiger partial charge < -0.3 is 9.47 Å². The van der Waals surface area contributed by atoms with Crippen LogP contribution in [-0.4, -0.2) is 18.1 Å². The number of esters is 1. The van der Waals surface area contributed by atoms with E-state index in [4.69, 9.17) is 21.1 Å². The lowest BCUT2D eigenvalue weighted by Gasteiger charge is -2.07. The number of carbonyl (C=O) groups excluding carboxylic acids is 1. The number of nitrogens with zero attached hydrogens (tertiary/aromatic N) is 1. The number of aromatic nitrogens is 1. The highest BCUT2D eigenvalue weighted by Gasteiger charge is 2.07. The minimum atomic E-state index is -0.495. The quantitative estimate of drug-likeness (QED) is 0.489. The molecule has 0 N–H and O–H groups in total. The van der Waals surface area contributed by atoms with Gasteiger partial charge in [-0.05, 0) is 18.2 Å². The summed E-state index contributed by atoms with van der Waals surface area (Å²) in [5, 5.41) is 1.20. The first kappa shape index (κ1) is 13.4. The molecule has 1 aromatic carbocycles. The molecule has 1 heterocycles. The summed E-state index contributed by atoms with van der Waals surface area (Å²) >= 11 is 6.06. The Balaban J connectivity index is 2.33. The van der Waals surface area contributed by atoms with Gasteiger partial charge >= 0.3 is 5.97 Å². The van der Waals surface area contributed by atoms with E-state index in [1.54, 1.807) is 13.2 Å². The molecule has 0 fully saturated rings. The van der Waals surface area contributed by atoms with E-state index >= 15 is 0 Å². The zero-order chi connectivity index (χ0) is 13.8. The van der Waals surface area contributed by atoms with E-state index in [-0.39, 0.29) is 6.61 Å². The summed E-state index contributed by atoms with van der Waals surface area (Å²) in [6.07, 6.45) is 1.10. The molecule has 0 saturated carbocycles. The van der Waals surface area contributed by atoms with Gasteiger partial charge in [0.1, 0.15) is 17.5 Å². The summed E-state index contributed by atoms with van der Waals surface area (Å²) in [6, 6.07) is 7.33. The smallest absolute Gasteiger partial charge is 0.330 e. The summed E-state index contributed by atoms with van der Waals surface area (Å²) in [6.45, 7) is 3.40. The lowest BCUT2D eigenvalue weighted by molar-refractivity contribution is -0.138. The van der Waals surface area contributed by atoms with Gasteiger partial charge in [-0.15, -0.1) is 0 Å². The van der Waals surface area contributed by atoms with Gasteiger partial charge in [-0.3, -0.25) is 0 Å². The molecule has 4 nitrogen and oxygen atoms in total. The molecular formula is C14H12ClNO3. The minimum absolute atomic E-state index is 0.0681. The fourth-order valence-corrected chi connectivity index (χ4v) is 1.80. The van der Waals surface area contributed by atoms with Crippen molar-refractivity contribution in [3.8, 4) is 5.75 Å². The van der Waals surface area contributed by atoms with Crippen molar-refractivity contribution in [3.63, 3.8) is 0 Å². The molecule has 0 aliphatic rings. The number of methoxy groups -OCH3 is 1. The topological polar surface area (TPSA) is 48.4 Å². The zero-order valence-corrected chi connectivity index (χ0v) is 11.1. The Labute approximate surface area is 115 Å². The largest absolute Gasteiger partial charge is 0.497 e. The van der Waals surface area contributed by atoms with Gasteiger partial charge in [0.05, 0.1) is 12.6 Å². The van der Waals surface area contributed by atoms with Gasteiger partial charge in [0, 0.05) is 23.1 Å². The monoisotopic (exact) mass is 277 g/mol. The van der Waals surface area contributed by atoms with Crippen LogP contribution in [0.4, 0.5) is 0 Å². The first-order valence-electron chi connectivity index (χ1n) is 5.56. The number of fused-ring (bicyclic) bond motifs is 1. The van der Waals surface area contributed by atoms with Crippen LogP contribution in [0.15, 0.2) is 36.9 Å². The van der Waals surface area contributed by atoms with Gasteiger partial charge in [0.15, 0.2) is 0 Å². The number of rotatable bonds is 4. The van der Waals surface area contributed by atoms with E-state index in [2.05, 4.69) is 11.6 Å². The second kappa shape index (κ2) is 5.71. The molecule has 98 valence electrons. The molecule has 0 aliphatic carbocycles. The third kappa shape index (κ3) is 3.03. The minimum Gasteiger partial charge on any atom is -0.497 e. The van der Waals surface area contributed by atoms with Crippen molar-refractivity contribution in [2.24, 2.45) is 0 Å². The molecule has 5 heteroatoms. The van der Waals surface area contributed by atoms with E-state index in [1.807, 2.05) is 18.2 Å². The molecule has 0 atom stereocenters. The Hall–Kier alpha value is -2.07. The second-order valence-corrected chi connectivity index (χ2v) is 4.17. The molecule has 0 radical (unpaired) electrons. The maximum absolute atomic E-state index is 11.0. The van der Waals surface area contributed by atoms with Crippen molar-refractivity contribution in [2.45, 2.75) is 6.61 Å². The number of benzene rings is 1. The highest BCUT2D eigenvalue weighted by molar-refractivity contribution is 6.30. The predicted molar refractivity (Wildman–Crippen MR) is 73.3 cm³/mol. The second-order valence-electron chi connectivity index (χ2n) is 3.81. The Morgan fingerprint density at radius 3 is 2.95 bits per heavy atom. The molecule has 0 bridgehead atoms. The molecule has 0 amide bonds. The average molecular weight is 278 g/mol. The fraction of sp³-hybridized carbons (Fsp3) is 0.143. The lowest BCUT2D eigenvalue weighted by atomic mass is 10.1. The zero-order valence-electron chi connectivity index (χ0n) is 10.4. The summed E-state index contributed by atoms with van der Waals surface area (Å²) in [7, 11) is 1.59. The number of hydrogen-bond donors (Lipinski definition) is 0. The van der Waals surface area contributed by atoms with Crippen LogP contribution in [0, 0.1) is 0 Å². The van der Waals surface area contributed by atoms with Crippen molar-refractivity contribution in [1.29, 1.82) is 0 Å². The van der Waals surface area contributed by atoms with Crippen LogP contribution in [0.5, 0.6) is 5.75 Å². The lowest BCUT2D eigenvalue weighted by Crippen LogP contribution is -2.01. The average Bonchev–Trinajstić information content (AvgIpc) is 2.44. The highest BCUT2D eigenvalue weighted by Crippen LogP contribution is 2.24. The van der Waals surface area contributed by atoms with Gasteiger partial charge in [-0.1, -0.05) is 18.2 Å². The maximum atomic E-state index is 11.0. The summed E-state index contributed by atoms with van der Waals surface area (Å²) in [5.41, 5.74) is 1.37. The van der Waals surface area contributed by atoms with E-state index in [9.17, 15) is 4.79 Å². The molecular weight excluding hydrogens is 266 g/mol. The number of halogens is 1. The van der Waals surface area contributed by atoms with Crippen LogP contribution >= 0.6 is 11.6 Å². The summed E-state index contributed by atoms with van der Waals surface area (Å²) in [4.78, 5) is 15.3. The van der Waals surface area contributed by atoms with Gasteiger partial charge in [0.25, 0.3) is 0 Å². The molecule has 0 spiro atoms. The highest BCUT2D eigenvalue weighted by atomic mass is 35.5. The van der Waals surface area contributed by atoms with E-state index in [0.29, 0.717) is 16.5 Å². The molecule has 0 aliphatic heterocycles. The first-order chi connectivity index (χ1) is 9.13. The van der Waals surface area contributed by atoms with Gasteiger partial charge in [-0.2, -0.15) is 0 Å². The van der Waals surface area contributed by atoms with Gasteiger partial charge in [0.2, 0.25) is 0 Å². The third-order valence-electron chi connectivity index (χ3n) is 2.59. The van der Waals surface area contributed by atoms with Crippen molar-refractivity contribution in [3.05, 3.63) is 47.6 Å². The van der Waals surface area contributed by atoms with Crippen LogP contribution in [0.2, 0.25) is 5.15 Å². The molecule has 0 unspecified atom stereocenters. The molecule has 2 rings (SSSR count). The van der Waals surface area contributed by atoms with Crippen LogP contribution in [0.3, 0.4) is 0 Å². The summed E-state index contributed by atoms with van der Waals surface area (Å²) in [5.74, 6) is 0.216. The van der Waals surface area contributed by atoms with Crippen LogP contribution in [0.1, 0.15) is 5.56 Å². The number of hydrogen-bond acceptors (Lipinski definition) is 4. The normalized spacial score (nSPS) is 10.2.